The van der Waals surface area contributed by atoms with Crippen LogP contribution in [-0.2, 0) is 6.61 Å². The maximum Gasteiger partial charge on any atom is 0.0901 e. The number of aromatic nitrogens is 3. The molecule has 0 aliphatic carbocycles. The van der Waals surface area contributed by atoms with Crippen LogP contribution >= 0.6 is 0 Å². The summed E-state index contributed by atoms with van der Waals surface area (Å²) < 4.78 is 1.52. The summed E-state index contributed by atoms with van der Waals surface area (Å²) in [6.07, 6.45) is 1.51. The second kappa shape index (κ2) is 3.47. The van der Waals surface area contributed by atoms with Gasteiger partial charge in [-0.25, -0.2) is 4.68 Å². The first-order chi connectivity index (χ1) is 6.83. The Morgan fingerprint density at radius 2 is 2.14 bits per heavy atom. The smallest absolute Gasteiger partial charge is 0.0901 e. The lowest BCUT2D eigenvalue weighted by Crippen LogP contribution is -2.05. The lowest BCUT2D eigenvalue weighted by atomic mass is 10.2. The largest absolute Gasteiger partial charge is 0.397 e. The molecule has 0 amide bonds. The van der Waals surface area contributed by atoms with E-state index in [0.717, 1.165) is 5.69 Å². The van der Waals surface area contributed by atoms with Gasteiger partial charge in [-0.1, -0.05) is 17.3 Å². The summed E-state index contributed by atoms with van der Waals surface area (Å²) in [6.45, 7) is -0.110. The first-order valence-corrected chi connectivity index (χ1v) is 4.18. The number of anilines is 1. The molecule has 0 atom stereocenters. The number of rotatable bonds is 2. The Balaban J connectivity index is 2.54. The molecule has 1 aromatic heterocycles. The number of nitrogen functional groups attached to an aromatic ring is 1. The molecule has 0 saturated carbocycles. The Bertz CT molecular complexity index is 438. The minimum atomic E-state index is -0.110. The SMILES string of the molecule is Nc1ccccc1-n1nncc1CO. The van der Waals surface area contributed by atoms with Gasteiger partial charge in [0.15, 0.2) is 0 Å². The first kappa shape index (κ1) is 8.71. The number of nitrogens with zero attached hydrogens (tertiary/aromatic N) is 3. The van der Waals surface area contributed by atoms with Gasteiger partial charge in [0.2, 0.25) is 0 Å². The van der Waals surface area contributed by atoms with Gasteiger partial charge >= 0.3 is 0 Å². The molecule has 0 bridgehead atoms. The highest BCUT2D eigenvalue weighted by Gasteiger charge is 2.06. The predicted octanol–water partition coefficient (Wildman–Crippen LogP) is 0.342. The lowest BCUT2D eigenvalue weighted by Gasteiger charge is -2.06. The predicted molar refractivity (Wildman–Crippen MR) is 51.7 cm³/mol. The number of aliphatic hydroxyl groups is 1. The maximum absolute atomic E-state index is 9.02. The van der Waals surface area contributed by atoms with E-state index in [4.69, 9.17) is 10.8 Å². The van der Waals surface area contributed by atoms with Gasteiger partial charge in [0.25, 0.3) is 0 Å². The van der Waals surface area contributed by atoms with Crippen molar-refractivity contribution in [3.8, 4) is 5.69 Å². The lowest BCUT2D eigenvalue weighted by molar-refractivity contribution is 0.273. The van der Waals surface area contributed by atoms with Crippen LogP contribution in [0.25, 0.3) is 5.69 Å². The fraction of sp³-hybridized carbons (Fsp3) is 0.111. The number of hydrogen-bond acceptors (Lipinski definition) is 4. The van der Waals surface area contributed by atoms with Crippen molar-refractivity contribution in [3.05, 3.63) is 36.2 Å². The van der Waals surface area contributed by atoms with Crippen molar-refractivity contribution in [2.45, 2.75) is 6.61 Å². The van der Waals surface area contributed by atoms with E-state index in [1.54, 1.807) is 6.07 Å². The molecule has 0 fully saturated rings. The topological polar surface area (TPSA) is 77.0 Å². The molecule has 0 unspecified atom stereocenters. The normalized spacial score (nSPS) is 10.4. The van der Waals surface area contributed by atoms with Crippen LogP contribution in [0.4, 0.5) is 5.69 Å². The standard InChI is InChI=1S/C9H10N4O/c10-8-3-1-2-4-9(8)13-7(6-14)5-11-12-13/h1-5,14H,6,10H2. The molecule has 1 heterocycles. The number of benzene rings is 1. The molecule has 5 heteroatoms. The third kappa shape index (κ3) is 1.33. The van der Waals surface area contributed by atoms with Crippen molar-refractivity contribution in [2.24, 2.45) is 0 Å². The second-order valence-electron chi connectivity index (χ2n) is 2.85. The van der Waals surface area contributed by atoms with Crippen molar-refractivity contribution in [3.63, 3.8) is 0 Å². The Hall–Kier alpha value is -1.88. The minimum absolute atomic E-state index is 0.110. The van der Waals surface area contributed by atoms with Gasteiger partial charge in [0.1, 0.15) is 0 Å². The van der Waals surface area contributed by atoms with Crippen molar-refractivity contribution < 1.29 is 5.11 Å². The number of nitrogens with two attached hydrogens (primary N) is 1. The van der Waals surface area contributed by atoms with Crippen molar-refractivity contribution in [2.75, 3.05) is 5.73 Å². The molecule has 2 rings (SSSR count). The Labute approximate surface area is 80.8 Å². The van der Waals surface area contributed by atoms with Gasteiger partial charge in [-0.15, -0.1) is 5.10 Å². The van der Waals surface area contributed by atoms with E-state index < -0.39 is 0 Å². The molecule has 0 radical (unpaired) electrons. The first-order valence-electron chi connectivity index (χ1n) is 4.18. The fourth-order valence-corrected chi connectivity index (χ4v) is 1.25. The van der Waals surface area contributed by atoms with E-state index in [9.17, 15) is 0 Å². The summed E-state index contributed by atoms with van der Waals surface area (Å²) in [7, 11) is 0. The van der Waals surface area contributed by atoms with Crippen LogP contribution in [0.2, 0.25) is 0 Å². The molecule has 0 saturated heterocycles. The minimum Gasteiger partial charge on any atom is -0.397 e. The van der Waals surface area contributed by atoms with Crippen molar-refractivity contribution in [1.82, 2.24) is 15.0 Å². The van der Waals surface area contributed by atoms with E-state index in [2.05, 4.69) is 10.3 Å². The molecule has 0 aliphatic rings. The average Bonchev–Trinajstić information content (AvgIpc) is 2.66. The Morgan fingerprint density at radius 1 is 1.36 bits per heavy atom. The van der Waals surface area contributed by atoms with E-state index in [1.807, 2.05) is 18.2 Å². The zero-order valence-electron chi connectivity index (χ0n) is 7.46. The van der Waals surface area contributed by atoms with Crippen LogP contribution in [0, 0.1) is 0 Å². The Morgan fingerprint density at radius 3 is 2.86 bits per heavy atom. The zero-order chi connectivity index (χ0) is 9.97. The van der Waals surface area contributed by atoms with Crippen LogP contribution in [-0.4, -0.2) is 20.1 Å². The quantitative estimate of drug-likeness (QED) is 0.669. The molecule has 2 aromatic rings. The van der Waals surface area contributed by atoms with Gasteiger partial charge in [-0.3, -0.25) is 0 Å². The van der Waals surface area contributed by atoms with E-state index >= 15 is 0 Å². The summed E-state index contributed by atoms with van der Waals surface area (Å²) in [5.74, 6) is 0. The molecule has 0 spiro atoms. The summed E-state index contributed by atoms with van der Waals surface area (Å²) in [4.78, 5) is 0. The van der Waals surface area contributed by atoms with Crippen LogP contribution in [0.15, 0.2) is 30.5 Å². The molecule has 1 aromatic carbocycles. The summed E-state index contributed by atoms with van der Waals surface area (Å²) >= 11 is 0. The van der Waals surface area contributed by atoms with Crippen LogP contribution < -0.4 is 5.73 Å². The average molecular weight is 190 g/mol. The molecular weight excluding hydrogens is 180 g/mol. The highest BCUT2D eigenvalue weighted by Crippen LogP contribution is 2.16. The molecular formula is C9H10N4O. The van der Waals surface area contributed by atoms with Crippen LogP contribution in [0.5, 0.6) is 0 Å². The summed E-state index contributed by atoms with van der Waals surface area (Å²) in [5.41, 5.74) is 7.71. The fourth-order valence-electron chi connectivity index (χ4n) is 1.25. The van der Waals surface area contributed by atoms with E-state index in [1.165, 1.54) is 10.9 Å². The van der Waals surface area contributed by atoms with Gasteiger partial charge in [0, 0.05) is 0 Å². The van der Waals surface area contributed by atoms with Crippen LogP contribution in [0.3, 0.4) is 0 Å². The number of hydrogen-bond donors (Lipinski definition) is 2. The van der Waals surface area contributed by atoms with Crippen LogP contribution in [0.1, 0.15) is 5.69 Å². The van der Waals surface area contributed by atoms with Gasteiger partial charge < -0.3 is 10.8 Å². The molecule has 72 valence electrons. The highest BCUT2D eigenvalue weighted by atomic mass is 16.3. The third-order valence-corrected chi connectivity index (χ3v) is 1.95. The summed E-state index contributed by atoms with van der Waals surface area (Å²) in [6, 6.07) is 7.30. The maximum atomic E-state index is 9.02. The van der Waals surface area contributed by atoms with Crippen molar-refractivity contribution >= 4 is 5.69 Å². The van der Waals surface area contributed by atoms with Gasteiger partial charge in [0.05, 0.1) is 29.9 Å². The van der Waals surface area contributed by atoms with Gasteiger partial charge in [-0.05, 0) is 12.1 Å². The zero-order valence-corrected chi connectivity index (χ0v) is 7.46. The van der Waals surface area contributed by atoms with E-state index in [-0.39, 0.29) is 6.61 Å². The molecule has 5 nitrogen and oxygen atoms in total. The number of para-hydroxylation sites is 2. The molecule has 0 aliphatic heterocycles. The summed E-state index contributed by atoms with van der Waals surface area (Å²) in [5, 5.41) is 16.6. The molecule has 14 heavy (non-hydrogen) atoms. The molecule has 3 N–H and O–H groups in total. The van der Waals surface area contributed by atoms with Gasteiger partial charge in [-0.2, -0.15) is 0 Å². The van der Waals surface area contributed by atoms with Crippen molar-refractivity contribution in [1.29, 1.82) is 0 Å². The van der Waals surface area contributed by atoms with E-state index in [0.29, 0.717) is 11.4 Å². The highest BCUT2D eigenvalue weighted by molar-refractivity contribution is 5.57. The number of aliphatic hydroxyl groups excluding tert-OH is 1. The Kier molecular flexibility index (Phi) is 2.16. The monoisotopic (exact) mass is 190 g/mol. The third-order valence-electron chi connectivity index (χ3n) is 1.95. The second-order valence-corrected chi connectivity index (χ2v) is 2.85.